The van der Waals surface area contributed by atoms with E-state index in [4.69, 9.17) is 0 Å². The molecule has 0 aromatic heterocycles. The summed E-state index contributed by atoms with van der Waals surface area (Å²) in [7, 11) is 0. The van der Waals surface area contributed by atoms with Crippen LogP contribution in [0.25, 0.3) is 0 Å². The maximum absolute atomic E-state index is 12.2. The van der Waals surface area contributed by atoms with Crippen LogP contribution in [0.3, 0.4) is 0 Å². The van der Waals surface area contributed by atoms with Crippen molar-refractivity contribution in [3.63, 3.8) is 0 Å². The van der Waals surface area contributed by atoms with Crippen molar-refractivity contribution >= 4 is 11.6 Å². The second kappa shape index (κ2) is 6.91. The fourth-order valence-corrected chi connectivity index (χ4v) is 2.53. The van der Waals surface area contributed by atoms with Gasteiger partial charge in [-0.15, -0.1) is 0 Å². The van der Waals surface area contributed by atoms with Crippen molar-refractivity contribution in [2.75, 3.05) is 5.32 Å². The second-order valence-corrected chi connectivity index (χ2v) is 5.32. The molecule has 0 bridgehead atoms. The molecule has 0 saturated heterocycles. The average molecular weight is 268 g/mol. The van der Waals surface area contributed by atoms with Crippen molar-refractivity contribution in [1.82, 2.24) is 0 Å². The molecule has 1 aromatic carbocycles. The third kappa shape index (κ3) is 3.71. The first-order valence-corrected chi connectivity index (χ1v) is 7.21. The molecule has 1 aliphatic carbocycles. The Morgan fingerprint density at radius 2 is 1.70 bits per heavy atom. The Hall–Kier alpha value is -2.08. The van der Waals surface area contributed by atoms with E-state index in [0.29, 0.717) is 5.57 Å². The standard InChI is InChI=1S/C17H20N2O/c1-13-8-10-15(11-9-13)19-17(20)16(12-18)14-6-4-2-3-5-7-14/h8-11H,2-7H2,1H3,(H,19,20). The lowest BCUT2D eigenvalue weighted by atomic mass is 10.0. The van der Waals surface area contributed by atoms with E-state index in [-0.39, 0.29) is 5.91 Å². The first-order chi connectivity index (χ1) is 9.70. The van der Waals surface area contributed by atoms with E-state index in [1.807, 2.05) is 31.2 Å². The van der Waals surface area contributed by atoms with Crippen molar-refractivity contribution < 1.29 is 4.79 Å². The second-order valence-electron chi connectivity index (χ2n) is 5.32. The summed E-state index contributed by atoms with van der Waals surface area (Å²) in [6, 6.07) is 9.71. The lowest BCUT2D eigenvalue weighted by Crippen LogP contribution is -2.15. The molecule has 0 heterocycles. The molecule has 1 amide bonds. The van der Waals surface area contributed by atoms with Crippen LogP contribution < -0.4 is 5.32 Å². The van der Waals surface area contributed by atoms with Crippen molar-refractivity contribution in [2.24, 2.45) is 0 Å². The molecule has 1 aliphatic rings. The highest BCUT2D eigenvalue weighted by Gasteiger charge is 2.16. The monoisotopic (exact) mass is 268 g/mol. The van der Waals surface area contributed by atoms with Gasteiger partial charge in [0.15, 0.2) is 0 Å². The van der Waals surface area contributed by atoms with Gasteiger partial charge in [-0.05, 0) is 50.3 Å². The molecule has 104 valence electrons. The summed E-state index contributed by atoms with van der Waals surface area (Å²) < 4.78 is 0. The van der Waals surface area contributed by atoms with E-state index in [1.54, 1.807) is 0 Å². The molecule has 3 nitrogen and oxygen atoms in total. The van der Waals surface area contributed by atoms with Crippen molar-refractivity contribution in [2.45, 2.75) is 45.4 Å². The van der Waals surface area contributed by atoms with Crippen LogP contribution >= 0.6 is 0 Å². The van der Waals surface area contributed by atoms with Gasteiger partial charge in [0.2, 0.25) is 0 Å². The molecule has 0 unspecified atom stereocenters. The van der Waals surface area contributed by atoms with Crippen molar-refractivity contribution in [1.29, 1.82) is 5.26 Å². The van der Waals surface area contributed by atoms with E-state index in [9.17, 15) is 10.1 Å². The van der Waals surface area contributed by atoms with Gasteiger partial charge in [-0.3, -0.25) is 4.79 Å². The van der Waals surface area contributed by atoms with Crippen LogP contribution in [-0.4, -0.2) is 5.91 Å². The number of anilines is 1. The minimum Gasteiger partial charge on any atom is -0.321 e. The molecule has 2 rings (SSSR count). The number of allylic oxidation sites excluding steroid dienone is 1. The first-order valence-electron chi connectivity index (χ1n) is 7.21. The van der Waals surface area contributed by atoms with Gasteiger partial charge in [0.1, 0.15) is 11.6 Å². The zero-order valence-corrected chi connectivity index (χ0v) is 11.9. The van der Waals surface area contributed by atoms with E-state index >= 15 is 0 Å². The van der Waals surface area contributed by atoms with Gasteiger partial charge in [-0.1, -0.05) is 30.5 Å². The SMILES string of the molecule is Cc1ccc(NC(=O)C(C#N)=C2CCCCCC2)cc1. The number of nitrogens with one attached hydrogen (secondary N) is 1. The van der Waals surface area contributed by atoms with E-state index in [2.05, 4.69) is 11.4 Å². The van der Waals surface area contributed by atoms with E-state index < -0.39 is 0 Å². The van der Waals surface area contributed by atoms with Gasteiger partial charge in [0.05, 0.1) is 0 Å². The first kappa shape index (κ1) is 14.3. The van der Waals surface area contributed by atoms with E-state index in [0.717, 1.165) is 42.5 Å². The number of rotatable bonds is 2. The van der Waals surface area contributed by atoms with Crippen LogP contribution in [-0.2, 0) is 4.79 Å². The summed E-state index contributed by atoms with van der Waals surface area (Å²) in [4.78, 5) is 12.2. The minimum absolute atomic E-state index is 0.270. The molecule has 0 atom stereocenters. The summed E-state index contributed by atoms with van der Waals surface area (Å²) >= 11 is 0. The Bertz CT molecular complexity index is 539. The summed E-state index contributed by atoms with van der Waals surface area (Å²) in [5.74, 6) is -0.270. The van der Waals surface area contributed by atoms with Crippen LogP contribution in [0, 0.1) is 18.3 Å². The maximum Gasteiger partial charge on any atom is 0.266 e. The molecule has 1 fully saturated rings. The molecule has 1 aromatic rings. The Kier molecular flexibility index (Phi) is 4.95. The van der Waals surface area contributed by atoms with Gasteiger partial charge in [-0.2, -0.15) is 5.26 Å². The topological polar surface area (TPSA) is 52.9 Å². The molecular formula is C17H20N2O. The number of benzene rings is 1. The van der Waals surface area contributed by atoms with Gasteiger partial charge >= 0.3 is 0 Å². The van der Waals surface area contributed by atoms with Crippen molar-refractivity contribution in [3.05, 3.63) is 41.0 Å². The number of carbonyl (C=O) groups excluding carboxylic acids is 1. The number of hydrogen-bond acceptors (Lipinski definition) is 2. The number of aryl methyl sites for hydroxylation is 1. The highest BCUT2D eigenvalue weighted by Crippen LogP contribution is 2.25. The van der Waals surface area contributed by atoms with Gasteiger partial charge in [0, 0.05) is 5.69 Å². The summed E-state index contributed by atoms with van der Waals surface area (Å²) in [6.45, 7) is 2.00. The fraction of sp³-hybridized carbons (Fsp3) is 0.412. The highest BCUT2D eigenvalue weighted by molar-refractivity contribution is 6.07. The number of hydrogen-bond donors (Lipinski definition) is 1. The van der Waals surface area contributed by atoms with Gasteiger partial charge < -0.3 is 5.32 Å². The number of carbonyl (C=O) groups is 1. The highest BCUT2D eigenvalue weighted by atomic mass is 16.1. The average Bonchev–Trinajstić information content (AvgIpc) is 2.71. The van der Waals surface area contributed by atoms with Crippen LogP contribution in [0.2, 0.25) is 0 Å². The van der Waals surface area contributed by atoms with Crippen LogP contribution in [0.4, 0.5) is 5.69 Å². The number of amides is 1. The summed E-state index contributed by atoms with van der Waals surface area (Å²) in [6.07, 6.45) is 6.31. The summed E-state index contributed by atoms with van der Waals surface area (Å²) in [5, 5.41) is 12.1. The van der Waals surface area contributed by atoms with Gasteiger partial charge in [-0.25, -0.2) is 0 Å². The Morgan fingerprint density at radius 1 is 1.10 bits per heavy atom. The largest absolute Gasteiger partial charge is 0.321 e. The predicted molar refractivity (Wildman–Crippen MR) is 80.1 cm³/mol. The number of nitriles is 1. The zero-order valence-electron chi connectivity index (χ0n) is 11.9. The molecule has 20 heavy (non-hydrogen) atoms. The normalized spacial score (nSPS) is 15.1. The number of nitrogens with zero attached hydrogens (tertiary/aromatic N) is 1. The lowest BCUT2D eigenvalue weighted by Gasteiger charge is -2.09. The zero-order chi connectivity index (χ0) is 14.4. The molecule has 0 radical (unpaired) electrons. The lowest BCUT2D eigenvalue weighted by molar-refractivity contribution is -0.112. The third-order valence-electron chi connectivity index (χ3n) is 3.71. The van der Waals surface area contributed by atoms with Crippen LogP contribution in [0.5, 0.6) is 0 Å². The fourth-order valence-electron chi connectivity index (χ4n) is 2.53. The van der Waals surface area contributed by atoms with Crippen LogP contribution in [0.15, 0.2) is 35.4 Å². The smallest absolute Gasteiger partial charge is 0.266 e. The summed E-state index contributed by atoms with van der Waals surface area (Å²) in [5.41, 5.74) is 3.22. The Morgan fingerprint density at radius 3 is 2.25 bits per heavy atom. The van der Waals surface area contributed by atoms with Crippen LogP contribution in [0.1, 0.15) is 44.1 Å². The predicted octanol–water partition coefficient (Wildman–Crippen LogP) is 4.11. The van der Waals surface area contributed by atoms with E-state index in [1.165, 1.54) is 12.8 Å². The van der Waals surface area contributed by atoms with Gasteiger partial charge in [0.25, 0.3) is 5.91 Å². The Labute approximate surface area is 120 Å². The molecule has 1 saturated carbocycles. The molecule has 0 spiro atoms. The van der Waals surface area contributed by atoms with Crippen molar-refractivity contribution in [3.8, 4) is 6.07 Å². The molecular weight excluding hydrogens is 248 g/mol. The quantitative estimate of drug-likeness (QED) is 0.498. The Balaban J connectivity index is 2.14. The maximum atomic E-state index is 12.2. The molecule has 0 aliphatic heterocycles. The molecule has 3 heteroatoms. The minimum atomic E-state index is -0.270. The molecule has 1 N–H and O–H groups in total. The third-order valence-corrected chi connectivity index (χ3v) is 3.71.